The topological polar surface area (TPSA) is 176 Å². The van der Waals surface area contributed by atoms with Crippen molar-refractivity contribution in [1.82, 2.24) is 5.32 Å². The van der Waals surface area contributed by atoms with E-state index in [1.807, 2.05) is 0 Å². The summed E-state index contributed by atoms with van der Waals surface area (Å²) >= 11 is 0.909. The second-order valence-corrected chi connectivity index (χ2v) is 7.11. The summed E-state index contributed by atoms with van der Waals surface area (Å²) in [6.45, 7) is 0. The number of thioether (sulfide) groups is 1. The van der Waals surface area contributed by atoms with Gasteiger partial charge in [-0.15, -0.1) is 5.10 Å². The Morgan fingerprint density at radius 3 is 2.64 bits per heavy atom. The summed E-state index contributed by atoms with van der Waals surface area (Å²) in [6.07, 6.45) is 2.38. The molecule has 1 amide bonds. The van der Waals surface area contributed by atoms with Crippen LogP contribution in [0.5, 0.6) is 11.5 Å². The van der Waals surface area contributed by atoms with Crippen LogP contribution in [0.25, 0.3) is 0 Å². The Kier molecular flexibility index (Phi) is 7.10. The monoisotopic (exact) mass is 471 g/mol. The van der Waals surface area contributed by atoms with Crippen molar-refractivity contribution in [2.24, 2.45) is 10.2 Å². The highest BCUT2D eigenvalue weighted by atomic mass is 32.2. The van der Waals surface area contributed by atoms with Crippen molar-refractivity contribution in [2.45, 2.75) is 0 Å². The van der Waals surface area contributed by atoms with Crippen molar-refractivity contribution >= 4 is 46.4 Å². The Bertz CT molecular complexity index is 1240. The fraction of sp³-hybridized carbons (Fsp3) is 0.0526. The number of benzene rings is 2. The number of rotatable bonds is 7. The van der Waals surface area contributed by atoms with Crippen molar-refractivity contribution in [2.75, 3.05) is 7.11 Å². The number of non-ortho nitro benzene ring substituents is 1. The molecule has 0 spiro atoms. The lowest BCUT2D eigenvalue weighted by Crippen LogP contribution is -2.19. The van der Waals surface area contributed by atoms with Gasteiger partial charge in [-0.2, -0.15) is 5.10 Å². The third-order valence-corrected chi connectivity index (χ3v) is 4.79. The summed E-state index contributed by atoms with van der Waals surface area (Å²) in [5.41, 5.74) is -0.476. The maximum Gasteiger partial charge on any atom is 0.331 e. The van der Waals surface area contributed by atoms with Crippen molar-refractivity contribution in [1.29, 1.82) is 0 Å². The Balaban J connectivity index is 1.74. The number of nitro groups is 2. The van der Waals surface area contributed by atoms with Gasteiger partial charge in [-0.25, -0.2) is 4.79 Å². The average Bonchev–Trinajstić information content (AvgIpc) is 3.12. The standard InChI is InChI=1S/C19H13N5O8S/c1-31-17(25)9-16-18(26)21-19(33-16)22-20-10-11-3-2-4-13(7-11)32-15-6-5-12(23(27)28)8-14(15)24(29)30/h2-10H,1H3,(H,21,22,26)/b16-9+,20-10?. The molecule has 33 heavy (non-hydrogen) atoms. The van der Waals surface area contributed by atoms with Gasteiger partial charge in [-0.05, 0) is 35.5 Å². The van der Waals surface area contributed by atoms with Crippen LogP contribution in [-0.4, -0.2) is 40.2 Å². The maximum absolute atomic E-state index is 11.8. The molecule has 1 heterocycles. The van der Waals surface area contributed by atoms with Crippen molar-refractivity contribution in [3.63, 3.8) is 0 Å². The van der Waals surface area contributed by atoms with Crippen LogP contribution < -0.4 is 10.1 Å². The number of carbonyl (C=O) groups is 2. The predicted octanol–water partition coefficient (Wildman–Crippen LogP) is 2.91. The van der Waals surface area contributed by atoms with E-state index in [2.05, 4.69) is 20.3 Å². The molecule has 0 atom stereocenters. The lowest BCUT2D eigenvalue weighted by atomic mass is 10.2. The fourth-order valence-corrected chi connectivity index (χ4v) is 3.16. The van der Waals surface area contributed by atoms with Crippen LogP contribution in [0.15, 0.2) is 63.6 Å². The molecule has 13 nitrogen and oxygen atoms in total. The first-order valence-corrected chi connectivity index (χ1v) is 9.69. The molecule has 0 saturated carbocycles. The maximum atomic E-state index is 11.8. The molecule has 1 aliphatic heterocycles. The number of amides is 1. The van der Waals surface area contributed by atoms with Gasteiger partial charge in [0.05, 0.1) is 34.1 Å². The van der Waals surface area contributed by atoms with Gasteiger partial charge in [0.2, 0.25) is 5.75 Å². The predicted molar refractivity (Wildman–Crippen MR) is 117 cm³/mol. The van der Waals surface area contributed by atoms with Gasteiger partial charge in [-0.1, -0.05) is 12.1 Å². The number of nitrogens with one attached hydrogen (secondary N) is 1. The molecular formula is C19H13N5O8S. The highest BCUT2D eigenvalue weighted by Gasteiger charge is 2.25. The molecule has 168 valence electrons. The van der Waals surface area contributed by atoms with E-state index in [1.54, 1.807) is 12.1 Å². The third-order valence-electron chi connectivity index (χ3n) is 3.89. The van der Waals surface area contributed by atoms with E-state index >= 15 is 0 Å². The van der Waals surface area contributed by atoms with Crippen LogP contribution in [0.3, 0.4) is 0 Å². The molecule has 14 heteroatoms. The molecule has 0 unspecified atom stereocenters. The van der Waals surface area contributed by atoms with Crippen molar-refractivity contribution in [3.05, 3.63) is 79.2 Å². The summed E-state index contributed by atoms with van der Waals surface area (Å²) < 4.78 is 10.00. The quantitative estimate of drug-likeness (QED) is 0.209. The molecule has 1 aliphatic rings. The summed E-state index contributed by atoms with van der Waals surface area (Å²) in [5, 5.41) is 32.4. The zero-order chi connectivity index (χ0) is 24.0. The molecule has 2 aromatic carbocycles. The van der Waals surface area contributed by atoms with E-state index in [0.717, 1.165) is 36.0 Å². The average molecular weight is 471 g/mol. The van der Waals surface area contributed by atoms with Crippen molar-refractivity contribution in [3.8, 4) is 11.5 Å². The molecule has 1 fully saturated rings. The Morgan fingerprint density at radius 1 is 1.15 bits per heavy atom. The number of esters is 1. The van der Waals surface area contributed by atoms with Crippen LogP contribution >= 0.6 is 11.8 Å². The minimum Gasteiger partial charge on any atom is -0.466 e. The highest BCUT2D eigenvalue weighted by Crippen LogP contribution is 2.34. The van der Waals surface area contributed by atoms with Gasteiger partial charge in [0, 0.05) is 12.1 Å². The zero-order valence-corrected chi connectivity index (χ0v) is 17.5. The summed E-state index contributed by atoms with van der Waals surface area (Å²) in [5.74, 6) is -1.15. The van der Waals surface area contributed by atoms with Gasteiger partial charge in [0.25, 0.3) is 11.6 Å². The molecule has 1 N–H and O–H groups in total. The Labute approximate surface area is 189 Å². The zero-order valence-electron chi connectivity index (χ0n) is 16.7. The molecule has 1 saturated heterocycles. The summed E-state index contributed by atoms with van der Waals surface area (Å²) in [4.78, 5) is 43.7. The number of nitro benzene ring substituents is 2. The Hall–Kier alpha value is -4.59. The lowest BCUT2D eigenvalue weighted by Gasteiger charge is -2.06. The van der Waals surface area contributed by atoms with Crippen LogP contribution in [0, 0.1) is 20.2 Å². The number of nitrogens with zero attached hydrogens (tertiary/aromatic N) is 4. The number of hydrogen-bond donors (Lipinski definition) is 1. The molecule has 3 rings (SSSR count). The smallest absolute Gasteiger partial charge is 0.331 e. The van der Waals surface area contributed by atoms with E-state index in [4.69, 9.17) is 4.74 Å². The van der Waals surface area contributed by atoms with Gasteiger partial charge < -0.3 is 9.47 Å². The SMILES string of the molecule is COC(=O)/C=C1/S/C(=N\N=Cc2cccc(Oc3ccc([N+](=O)[O-])cc3[N+](=O)[O-])c2)NC1=O. The molecule has 0 radical (unpaired) electrons. The third kappa shape index (κ3) is 5.98. The molecule has 0 aliphatic carbocycles. The van der Waals surface area contributed by atoms with E-state index in [1.165, 1.54) is 25.5 Å². The largest absolute Gasteiger partial charge is 0.466 e. The van der Waals surface area contributed by atoms with Crippen LogP contribution in [0.4, 0.5) is 11.4 Å². The normalized spacial score (nSPS) is 15.6. The molecule has 2 aromatic rings. The van der Waals surface area contributed by atoms with E-state index in [9.17, 15) is 29.8 Å². The van der Waals surface area contributed by atoms with Gasteiger partial charge in [0.15, 0.2) is 5.17 Å². The summed E-state index contributed by atoms with van der Waals surface area (Å²) in [6, 6.07) is 9.35. The van der Waals surface area contributed by atoms with Gasteiger partial charge >= 0.3 is 11.7 Å². The second-order valence-electron chi connectivity index (χ2n) is 6.08. The summed E-state index contributed by atoms with van der Waals surface area (Å²) in [7, 11) is 1.19. The first kappa shape index (κ1) is 23.1. The number of ether oxygens (including phenoxy) is 2. The van der Waals surface area contributed by atoms with Crippen LogP contribution in [-0.2, 0) is 14.3 Å². The molecule has 0 aromatic heterocycles. The van der Waals surface area contributed by atoms with Crippen LogP contribution in [0.2, 0.25) is 0 Å². The number of hydrogen-bond acceptors (Lipinski definition) is 11. The highest BCUT2D eigenvalue weighted by molar-refractivity contribution is 8.18. The van der Waals surface area contributed by atoms with Gasteiger partial charge in [-0.3, -0.25) is 30.3 Å². The fourth-order valence-electron chi connectivity index (χ4n) is 2.42. The van der Waals surface area contributed by atoms with E-state index in [-0.39, 0.29) is 21.6 Å². The lowest BCUT2D eigenvalue weighted by molar-refractivity contribution is -0.394. The van der Waals surface area contributed by atoms with E-state index in [0.29, 0.717) is 5.56 Å². The second kappa shape index (κ2) is 10.1. The first-order chi connectivity index (χ1) is 15.8. The van der Waals surface area contributed by atoms with Gasteiger partial charge in [0.1, 0.15) is 5.75 Å². The van der Waals surface area contributed by atoms with E-state index < -0.39 is 33.1 Å². The molecule has 0 bridgehead atoms. The number of carbonyl (C=O) groups excluding carboxylic acids is 2. The minimum atomic E-state index is -0.778. The number of methoxy groups -OCH3 is 1. The molecular weight excluding hydrogens is 458 g/mol. The van der Waals surface area contributed by atoms with Crippen LogP contribution in [0.1, 0.15) is 5.56 Å². The number of amidine groups is 1. The first-order valence-electron chi connectivity index (χ1n) is 8.87. The van der Waals surface area contributed by atoms with Crippen molar-refractivity contribution < 1.29 is 28.9 Å². The Morgan fingerprint density at radius 2 is 1.94 bits per heavy atom. The minimum absolute atomic E-state index is 0.107.